The van der Waals surface area contributed by atoms with E-state index in [1.165, 1.54) is 6.07 Å². The van der Waals surface area contributed by atoms with Gasteiger partial charge in [-0.2, -0.15) is 0 Å². The average molecular weight is 277 g/mol. The molecular formula is C15H16FNOS. The Morgan fingerprint density at radius 1 is 1.21 bits per heavy atom. The molecule has 1 unspecified atom stereocenters. The highest BCUT2D eigenvalue weighted by molar-refractivity contribution is 7.84. The minimum absolute atomic E-state index is 0.149. The zero-order chi connectivity index (χ0) is 13.8. The summed E-state index contributed by atoms with van der Waals surface area (Å²) in [4.78, 5) is 0.820. The normalized spacial score (nSPS) is 12.4. The lowest BCUT2D eigenvalue weighted by Gasteiger charge is -2.07. The highest BCUT2D eigenvalue weighted by Crippen LogP contribution is 2.18. The van der Waals surface area contributed by atoms with E-state index in [9.17, 15) is 8.60 Å². The van der Waals surface area contributed by atoms with Crippen LogP contribution in [0, 0.1) is 12.7 Å². The zero-order valence-electron chi connectivity index (χ0n) is 10.7. The van der Waals surface area contributed by atoms with Crippen LogP contribution in [0.2, 0.25) is 0 Å². The van der Waals surface area contributed by atoms with Gasteiger partial charge >= 0.3 is 0 Å². The first kappa shape index (κ1) is 13.9. The SMILES string of the molecule is Cc1ccccc1S(=O)Cc1ccc(F)c(CN)c1. The molecule has 0 amide bonds. The van der Waals surface area contributed by atoms with Crippen molar-refractivity contribution in [3.8, 4) is 0 Å². The second-order valence-electron chi connectivity index (χ2n) is 4.39. The lowest BCUT2D eigenvalue weighted by molar-refractivity contribution is 0.610. The van der Waals surface area contributed by atoms with E-state index < -0.39 is 10.8 Å². The third kappa shape index (κ3) is 3.28. The predicted molar refractivity (Wildman–Crippen MR) is 75.6 cm³/mol. The molecule has 0 radical (unpaired) electrons. The number of halogens is 1. The minimum Gasteiger partial charge on any atom is -0.326 e. The van der Waals surface area contributed by atoms with Gasteiger partial charge in [-0.05, 0) is 30.2 Å². The third-order valence-electron chi connectivity index (χ3n) is 2.97. The number of benzene rings is 2. The molecule has 0 saturated heterocycles. The Labute approximate surface area is 114 Å². The van der Waals surface area contributed by atoms with Gasteiger partial charge in [-0.25, -0.2) is 4.39 Å². The molecule has 2 aromatic rings. The summed E-state index contributed by atoms with van der Waals surface area (Å²) in [6, 6.07) is 12.3. The van der Waals surface area contributed by atoms with Crippen molar-refractivity contribution in [2.45, 2.75) is 24.1 Å². The van der Waals surface area contributed by atoms with Gasteiger partial charge in [-0.1, -0.05) is 30.3 Å². The Morgan fingerprint density at radius 3 is 2.63 bits per heavy atom. The number of rotatable bonds is 4. The molecule has 0 aliphatic rings. The van der Waals surface area contributed by atoms with E-state index in [0.29, 0.717) is 11.3 Å². The fourth-order valence-corrected chi connectivity index (χ4v) is 3.21. The quantitative estimate of drug-likeness (QED) is 0.933. The average Bonchev–Trinajstić information content (AvgIpc) is 2.41. The van der Waals surface area contributed by atoms with Gasteiger partial charge in [0.25, 0.3) is 0 Å². The first-order valence-corrected chi connectivity index (χ1v) is 7.35. The fraction of sp³-hybridized carbons (Fsp3) is 0.200. The monoisotopic (exact) mass is 277 g/mol. The summed E-state index contributed by atoms with van der Waals surface area (Å²) in [7, 11) is -1.13. The lowest BCUT2D eigenvalue weighted by atomic mass is 10.1. The molecule has 4 heteroatoms. The van der Waals surface area contributed by atoms with E-state index in [1.54, 1.807) is 12.1 Å². The molecule has 0 spiro atoms. The van der Waals surface area contributed by atoms with E-state index in [0.717, 1.165) is 16.0 Å². The van der Waals surface area contributed by atoms with Crippen LogP contribution >= 0.6 is 0 Å². The fourth-order valence-electron chi connectivity index (χ4n) is 1.92. The highest BCUT2D eigenvalue weighted by atomic mass is 32.2. The predicted octanol–water partition coefficient (Wildman–Crippen LogP) is 2.90. The van der Waals surface area contributed by atoms with Crippen LogP contribution < -0.4 is 5.73 Å². The lowest BCUT2D eigenvalue weighted by Crippen LogP contribution is -2.03. The molecule has 0 aromatic heterocycles. The highest BCUT2D eigenvalue weighted by Gasteiger charge is 2.09. The first-order valence-electron chi connectivity index (χ1n) is 6.03. The van der Waals surface area contributed by atoms with E-state index in [2.05, 4.69) is 0 Å². The molecule has 1 atom stereocenters. The molecule has 2 nitrogen and oxygen atoms in total. The summed E-state index contributed by atoms with van der Waals surface area (Å²) in [6.45, 7) is 2.08. The molecule has 100 valence electrons. The van der Waals surface area contributed by atoms with Crippen molar-refractivity contribution in [3.05, 3.63) is 65.0 Å². The van der Waals surface area contributed by atoms with Crippen molar-refractivity contribution >= 4 is 10.8 Å². The maximum Gasteiger partial charge on any atom is 0.127 e. The maximum atomic E-state index is 13.3. The van der Waals surface area contributed by atoms with Crippen molar-refractivity contribution in [3.63, 3.8) is 0 Å². The third-order valence-corrected chi connectivity index (χ3v) is 4.51. The van der Waals surface area contributed by atoms with E-state index in [-0.39, 0.29) is 12.4 Å². The van der Waals surface area contributed by atoms with Crippen molar-refractivity contribution in [1.82, 2.24) is 0 Å². The van der Waals surface area contributed by atoms with Crippen molar-refractivity contribution in [1.29, 1.82) is 0 Å². The second kappa shape index (κ2) is 6.08. The summed E-state index contributed by atoms with van der Waals surface area (Å²) in [5, 5.41) is 0. The molecule has 0 aliphatic heterocycles. The largest absolute Gasteiger partial charge is 0.326 e. The smallest absolute Gasteiger partial charge is 0.127 e. The van der Waals surface area contributed by atoms with Crippen LogP contribution in [-0.2, 0) is 23.1 Å². The number of hydrogen-bond donors (Lipinski definition) is 1. The second-order valence-corrected chi connectivity index (χ2v) is 5.80. The minimum atomic E-state index is -1.13. The van der Waals surface area contributed by atoms with Gasteiger partial charge in [0.15, 0.2) is 0 Å². The molecule has 0 fully saturated rings. The summed E-state index contributed by atoms with van der Waals surface area (Å²) in [5.74, 6) is 0.0610. The molecule has 19 heavy (non-hydrogen) atoms. The van der Waals surface area contributed by atoms with Crippen LogP contribution in [-0.4, -0.2) is 4.21 Å². The van der Waals surface area contributed by atoms with Gasteiger partial charge in [0.1, 0.15) is 5.82 Å². The molecule has 2 rings (SSSR count). The zero-order valence-corrected chi connectivity index (χ0v) is 11.5. The van der Waals surface area contributed by atoms with Crippen LogP contribution in [0.15, 0.2) is 47.4 Å². The van der Waals surface area contributed by atoms with Crippen molar-refractivity contribution in [2.24, 2.45) is 5.73 Å². The maximum absolute atomic E-state index is 13.3. The Bertz CT molecular complexity index is 613. The van der Waals surface area contributed by atoms with E-state index in [4.69, 9.17) is 5.73 Å². The first-order chi connectivity index (χ1) is 9.11. The van der Waals surface area contributed by atoms with Gasteiger partial charge in [0.05, 0.1) is 16.6 Å². The van der Waals surface area contributed by atoms with Crippen molar-refractivity contribution in [2.75, 3.05) is 0 Å². The topological polar surface area (TPSA) is 43.1 Å². The summed E-state index contributed by atoms with van der Waals surface area (Å²) >= 11 is 0. The van der Waals surface area contributed by atoms with E-state index >= 15 is 0 Å². The Morgan fingerprint density at radius 2 is 1.95 bits per heavy atom. The molecule has 0 saturated carbocycles. The number of aryl methyl sites for hydroxylation is 1. The van der Waals surface area contributed by atoms with Crippen molar-refractivity contribution < 1.29 is 8.60 Å². The molecule has 0 heterocycles. The molecular weight excluding hydrogens is 261 g/mol. The van der Waals surface area contributed by atoms with Crippen LogP contribution in [0.1, 0.15) is 16.7 Å². The summed E-state index contributed by atoms with van der Waals surface area (Å²) < 4.78 is 25.6. The van der Waals surface area contributed by atoms with Gasteiger partial charge in [-0.3, -0.25) is 4.21 Å². The molecule has 0 bridgehead atoms. The Balaban J connectivity index is 2.22. The summed E-state index contributed by atoms with van der Waals surface area (Å²) in [6.07, 6.45) is 0. The van der Waals surface area contributed by atoms with Crippen LogP contribution in [0.4, 0.5) is 4.39 Å². The van der Waals surface area contributed by atoms with Gasteiger partial charge in [0.2, 0.25) is 0 Å². The van der Waals surface area contributed by atoms with Crippen LogP contribution in [0.25, 0.3) is 0 Å². The molecule has 2 N–H and O–H groups in total. The van der Waals surface area contributed by atoms with Gasteiger partial charge in [0, 0.05) is 17.0 Å². The van der Waals surface area contributed by atoms with Gasteiger partial charge in [-0.15, -0.1) is 0 Å². The molecule has 0 aliphatic carbocycles. The van der Waals surface area contributed by atoms with Crippen LogP contribution in [0.3, 0.4) is 0 Å². The number of hydrogen-bond acceptors (Lipinski definition) is 2. The Kier molecular flexibility index (Phi) is 4.45. The van der Waals surface area contributed by atoms with E-state index in [1.807, 2.05) is 31.2 Å². The van der Waals surface area contributed by atoms with Crippen LogP contribution in [0.5, 0.6) is 0 Å². The Hall–Kier alpha value is -1.52. The summed E-state index contributed by atoms with van der Waals surface area (Å²) in [5.41, 5.74) is 7.77. The number of nitrogens with two attached hydrogens (primary N) is 1. The molecule has 2 aromatic carbocycles. The standard InChI is InChI=1S/C15H16FNOS/c1-11-4-2-3-5-15(11)19(18)10-12-6-7-14(16)13(8-12)9-17/h2-8H,9-10,17H2,1H3. The van der Waals surface area contributed by atoms with Gasteiger partial charge < -0.3 is 5.73 Å².